The van der Waals surface area contributed by atoms with Gasteiger partial charge >= 0.3 is 6.03 Å². The average Bonchev–Trinajstić information content (AvgIpc) is 2.95. The van der Waals surface area contributed by atoms with Crippen molar-refractivity contribution in [2.24, 2.45) is 0 Å². The van der Waals surface area contributed by atoms with E-state index in [2.05, 4.69) is 10.6 Å². The highest BCUT2D eigenvalue weighted by Gasteiger charge is 2.10. The molecule has 1 heterocycles. The Morgan fingerprint density at radius 1 is 1.14 bits per heavy atom. The van der Waals surface area contributed by atoms with Gasteiger partial charge in [0.25, 0.3) is 0 Å². The first-order chi connectivity index (χ1) is 10.2. The lowest BCUT2D eigenvalue weighted by Crippen LogP contribution is -2.19. The molecule has 0 aliphatic rings. The van der Waals surface area contributed by atoms with Crippen molar-refractivity contribution >= 4 is 28.1 Å². The summed E-state index contributed by atoms with van der Waals surface area (Å²) in [5.74, 6) is 1.30. The summed E-state index contributed by atoms with van der Waals surface area (Å²) in [5, 5.41) is 8.23. The normalized spacial score (nSPS) is 10.0. The van der Waals surface area contributed by atoms with E-state index in [0.717, 1.165) is 5.00 Å². The van der Waals surface area contributed by atoms with Crippen LogP contribution in [0.5, 0.6) is 11.5 Å². The highest BCUT2D eigenvalue weighted by Crippen LogP contribution is 2.29. The van der Waals surface area contributed by atoms with Gasteiger partial charge in [-0.2, -0.15) is 0 Å². The van der Waals surface area contributed by atoms with Gasteiger partial charge in [0.1, 0.15) is 11.5 Å². The molecule has 2 aromatic rings. The van der Waals surface area contributed by atoms with Gasteiger partial charge in [-0.15, -0.1) is 11.3 Å². The molecule has 0 saturated heterocycles. The Balaban J connectivity index is 2.11. The lowest BCUT2D eigenvalue weighted by molar-refractivity contribution is 0.262. The van der Waals surface area contributed by atoms with E-state index in [1.54, 1.807) is 12.1 Å². The van der Waals surface area contributed by atoms with Crippen LogP contribution in [0, 0.1) is 0 Å². The molecule has 5 nitrogen and oxygen atoms in total. The number of hydrogen-bond acceptors (Lipinski definition) is 4. The quantitative estimate of drug-likeness (QED) is 0.841. The van der Waals surface area contributed by atoms with Crippen LogP contribution in [0.4, 0.5) is 15.5 Å². The van der Waals surface area contributed by atoms with Crippen LogP contribution in [0.2, 0.25) is 0 Å². The predicted octanol–water partition coefficient (Wildman–Crippen LogP) is 4.19. The summed E-state index contributed by atoms with van der Waals surface area (Å²) in [4.78, 5) is 12.0. The second kappa shape index (κ2) is 7.54. The highest BCUT2D eigenvalue weighted by molar-refractivity contribution is 7.14. The fourth-order valence-electron chi connectivity index (χ4n) is 1.76. The lowest BCUT2D eigenvalue weighted by Gasteiger charge is -2.13. The highest BCUT2D eigenvalue weighted by atomic mass is 32.1. The molecule has 6 heteroatoms. The Bertz CT molecular complexity index is 585. The van der Waals surface area contributed by atoms with Crippen LogP contribution in [0.1, 0.15) is 13.8 Å². The molecule has 2 N–H and O–H groups in total. The maximum atomic E-state index is 12.0. The van der Waals surface area contributed by atoms with Crippen molar-refractivity contribution in [2.45, 2.75) is 13.8 Å². The molecule has 0 saturated carbocycles. The zero-order valence-electron chi connectivity index (χ0n) is 12.0. The minimum atomic E-state index is -0.313. The number of urea groups is 1. The molecule has 0 aliphatic carbocycles. The van der Waals surface area contributed by atoms with Gasteiger partial charge in [0, 0.05) is 6.07 Å². The van der Waals surface area contributed by atoms with Gasteiger partial charge in [-0.25, -0.2) is 4.79 Å². The largest absolute Gasteiger partial charge is 0.494 e. The maximum absolute atomic E-state index is 12.0. The Hall–Kier alpha value is -2.21. The monoisotopic (exact) mass is 306 g/mol. The molecule has 0 radical (unpaired) electrons. The Morgan fingerprint density at radius 2 is 1.95 bits per heavy atom. The fraction of sp³-hybridized carbons (Fsp3) is 0.267. The van der Waals surface area contributed by atoms with E-state index in [1.807, 2.05) is 37.4 Å². The van der Waals surface area contributed by atoms with Gasteiger partial charge < -0.3 is 14.8 Å². The SMILES string of the molecule is CCOc1ccc(OCC)c(NC(=O)Nc2cccs2)c1. The minimum absolute atomic E-state index is 0.313. The van der Waals surface area contributed by atoms with Gasteiger partial charge in [-0.05, 0) is 43.5 Å². The van der Waals surface area contributed by atoms with Crippen LogP contribution in [-0.4, -0.2) is 19.2 Å². The van der Waals surface area contributed by atoms with Crippen molar-refractivity contribution in [3.05, 3.63) is 35.7 Å². The summed E-state index contributed by atoms with van der Waals surface area (Å²) in [6, 6.07) is 8.76. The van der Waals surface area contributed by atoms with E-state index >= 15 is 0 Å². The van der Waals surface area contributed by atoms with Crippen molar-refractivity contribution in [1.82, 2.24) is 0 Å². The molecule has 0 bridgehead atoms. The summed E-state index contributed by atoms with van der Waals surface area (Å²) in [5.41, 5.74) is 0.580. The number of benzene rings is 1. The van der Waals surface area contributed by atoms with Crippen LogP contribution >= 0.6 is 11.3 Å². The molecule has 21 heavy (non-hydrogen) atoms. The van der Waals surface area contributed by atoms with Gasteiger partial charge in [0.15, 0.2) is 0 Å². The molecule has 1 aromatic heterocycles. The van der Waals surface area contributed by atoms with Gasteiger partial charge in [-0.1, -0.05) is 0 Å². The van der Waals surface area contributed by atoms with Crippen LogP contribution in [0.15, 0.2) is 35.7 Å². The molecular weight excluding hydrogens is 288 g/mol. The van der Waals surface area contributed by atoms with E-state index < -0.39 is 0 Å². The third-order valence-corrected chi connectivity index (χ3v) is 3.35. The number of rotatable bonds is 6. The minimum Gasteiger partial charge on any atom is -0.494 e. The summed E-state index contributed by atoms with van der Waals surface area (Å²) in [7, 11) is 0. The van der Waals surface area contributed by atoms with E-state index in [1.165, 1.54) is 11.3 Å². The summed E-state index contributed by atoms with van der Waals surface area (Å²) in [6.07, 6.45) is 0. The Labute approximate surface area is 127 Å². The predicted molar refractivity (Wildman–Crippen MR) is 85.7 cm³/mol. The first kappa shape index (κ1) is 15.2. The number of anilines is 2. The third kappa shape index (κ3) is 4.39. The summed E-state index contributed by atoms with van der Waals surface area (Å²) < 4.78 is 11.0. The van der Waals surface area contributed by atoms with E-state index in [4.69, 9.17) is 9.47 Å². The number of nitrogens with one attached hydrogen (secondary N) is 2. The third-order valence-electron chi connectivity index (χ3n) is 2.57. The lowest BCUT2D eigenvalue weighted by atomic mass is 10.2. The van der Waals surface area contributed by atoms with Crippen LogP contribution < -0.4 is 20.1 Å². The van der Waals surface area contributed by atoms with Crippen LogP contribution in [-0.2, 0) is 0 Å². The molecule has 112 valence electrons. The number of amides is 2. The topological polar surface area (TPSA) is 59.6 Å². The van der Waals surface area contributed by atoms with E-state index in [0.29, 0.717) is 30.4 Å². The zero-order valence-corrected chi connectivity index (χ0v) is 12.8. The van der Waals surface area contributed by atoms with Crippen molar-refractivity contribution < 1.29 is 14.3 Å². The number of hydrogen-bond donors (Lipinski definition) is 2. The number of carbonyl (C=O) groups excluding carboxylic acids is 1. The van der Waals surface area contributed by atoms with Crippen LogP contribution in [0.25, 0.3) is 0 Å². The smallest absolute Gasteiger partial charge is 0.324 e. The van der Waals surface area contributed by atoms with Crippen molar-refractivity contribution in [2.75, 3.05) is 23.8 Å². The van der Waals surface area contributed by atoms with Crippen molar-refractivity contribution in [3.63, 3.8) is 0 Å². The molecule has 0 unspecified atom stereocenters. The first-order valence-corrected chi connectivity index (χ1v) is 7.62. The molecule has 2 amide bonds. The molecule has 1 aromatic carbocycles. The fourth-order valence-corrected chi connectivity index (χ4v) is 2.37. The zero-order chi connectivity index (χ0) is 15.1. The molecule has 0 spiro atoms. The Morgan fingerprint density at radius 3 is 2.62 bits per heavy atom. The first-order valence-electron chi connectivity index (χ1n) is 6.74. The number of carbonyl (C=O) groups is 1. The van der Waals surface area contributed by atoms with Gasteiger partial charge in [0.2, 0.25) is 0 Å². The molecule has 0 fully saturated rings. The average molecular weight is 306 g/mol. The molecule has 2 rings (SSSR count). The number of thiophene rings is 1. The molecular formula is C15H18N2O3S. The molecule has 0 aliphatic heterocycles. The van der Waals surface area contributed by atoms with Crippen LogP contribution in [0.3, 0.4) is 0 Å². The van der Waals surface area contributed by atoms with Gasteiger partial charge in [0.05, 0.1) is 23.9 Å². The van der Waals surface area contributed by atoms with E-state index in [-0.39, 0.29) is 6.03 Å². The second-order valence-electron chi connectivity index (χ2n) is 4.08. The second-order valence-corrected chi connectivity index (χ2v) is 5.03. The maximum Gasteiger partial charge on any atom is 0.324 e. The standard InChI is InChI=1S/C15H18N2O3S/c1-3-19-11-7-8-13(20-4-2)12(10-11)16-15(18)17-14-6-5-9-21-14/h5-10H,3-4H2,1-2H3,(H2,16,17,18). The van der Waals surface area contributed by atoms with Crippen molar-refractivity contribution in [3.8, 4) is 11.5 Å². The van der Waals surface area contributed by atoms with E-state index in [9.17, 15) is 4.79 Å². The molecule has 0 atom stereocenters. The summed E-state index contributed by atoms with van der Waals surface area (Å²) >= 11 is 1.46. The number of ether oxygens (including phenoxy) is 2. The summed E-state index contributed by atoms with van der Waals surface area (Å²) in [6.45, 7) is 4.89. The van der Waals surface area contributed by atoms with Crippen molar-refractivity contribution in [1.29, 1.82) is 0 Å². The Kier molecular flexibility index (Phi) is 5.45. The van der Waals surface area contributed by atoms with Gasteiger partial charge in [-0.3, -0.25) is 5.32 Å².